The lowest BCUT2D eigenvalue weighted by Gasteiger charge is -2.37. The molecule has 0 amide bonds. The van der Waals surface area contributed by atoms with E-state index in [1.165, 1.54) is 10.8 Å². The Bertz CT molecular complexity index is 1450. The summed E-state index contributed by atoms with van der Waals surface area (Å²) in [4.78, 5) is 15.5. The first-order valence-corrected chi connectivity index (χ1v) is 11.6. The highest BCUT2D eigenvalue weighted by Crippen LogP contribution is 2.35. The fourth-order valence-corrected chi connectivity index (χ4v) is 5.12. The standard InChI is InChI=1S/C27H25ClN4O/c1-31-25-9-8-21(28)15-23(25)26(24(16-29)27(31)33)32(22-10-12-30-13-11-22)17-18-6-7-19-4-2-3-5-20(19)14-18/h2-9,14-15,22,30H,10-13,17H2,1H3. The Morgan fingerprint density at radius 3 is 2.61 bits per heavy atom. The van der Waals surface area contributed by atoms with Gasteiger partial charge < -0.3 is 14.8 Å². The van der Waals surface area contributed by atoms with Crippen LogP contribution in [-0.2, 0) is 13.6 Å². The summed E-state index contributed by atoms with van der Waals surface area (Å²) in [6, 6.07) is 22.7. The molecule has 33 heavy (non-hydrogen) atoms. The van der Waals surface area contributed by atoms with E-state index in [2.05, 4.69) is 46.6 Å². The molecule has 2 heterocycles. The van der Waals surface area contributed by atoms with E-state index in [0.717, 1.165) is 42.4 Å². The third-order valence-electron chi connectivity index (χ3n) is 6.65. The lowest BCUT2D eigenvalue weighted by atomic mass is 9.98. The van der Waals surface area contributed by atoms with Crippen molar-refractivity contribution in [3.63, 3.8) is 0 Å². The number of pyridine rings is 1. The monoisotopic (exact) mass is 456 g/mol. The molecule has 0 radical (unpaired) electrons. The molecule has 0 atom stereocenters. The molecule has 1 saturated heterocycles. The normalized spacial score (nSPS) is 14.5. The van der Waals surface area contributed by atoms with Gasteiger partial charge >= 0.3 is 0 Å². The summed E-state index contributed by atoms with van der Waals surface area (Å²) in [7, 11) is 1.71. The van der Waals surface area contributed by atoms with Gasteiger partial charge in [-0.25, -0.2) is 0 Å². The Morgan fingerprint density at radius 1 is 1.09 bits per heavy atom. The Hall–Kier alpha value is -3.33. The molecule has 3 aromatic carbocycles. The summed E-state index contributed by atoms with van der Waals surface area (Å²) in [6.45, 7) is 2.42. The van der Waals surface area contributed by atoms with Gasteiger partial charge in [0.1, 0.15) is 11.6 Å². The minimum atomic E-state index is -0.278. The summed E-state index contributed by atoms with van der Waals surface area (Å²) < 4.78 is 1.55. The van der Waals surface area contributed by atoms with Crippen LogP contribution in [0.1, 0.15) is 24.0 Å². The number of nitrogens with zero attached hydrogens (tertiary/aromatic N) is 3. The lowest BCUT2D eigenvalue weighted by molar-refractivity contribution is 0.428. The van der Waals surface area contributed by atoms with Gasteiger partial charge in [0.25, 0.3) is 5.56 Å². The number of aromatic nitrogens is 1. The van der Waals surface area contributed by atoms with Crippen LogP contribution < -0.4 is 15.8 Å². The zero-order chi connectivity index (χ0) is 22.9. The Balaban J connectivity index is 1.73. The fourth-order valence-electron chi connectivity index (χ4n) is 4.95. The van der Waals surface area contributed by atoms with Gasteiger partial charge in [0.15, 0.2) is 0 Å². The third kappa shape index (κ3) is 3.97. The predicted octanol–water partition coefficient (Wildman–Crippen LogP) is 4.98. The lowest BCUT2D eigenvalue weighted by Crippen LogP contribution is -2.44. The van der Waals surface area contributed by atoms with Crippen molar-refractivity contribution in [2.75, 3.05) is 18.0 Å². The molecule has 5 rings (SSSR count). The number of fused-ring (bicyclic) bond motifs is 2. The smallest absolute Gasteiger partial charge is 0.270 e. The van der Waals surface area contributed by atoms with Crippen LogP contribution in [0.4, 0.5) is 5.69 Å². The fraction of sp³-hybridized carbons (Fsp3) is 0.259. The average molecular weight is 457 g/mol. The van der Waals surface area contributed by atoms with Crippen LogP contribution in [0.2, 0.25) is 5.02 Å². The highest BCUT2D eigenvalue weighted by atomic mass is 35.5. The molecule has 0 spiro atoms. The van der Waals surface area contributed by atoms with Crippen molar-refractivity contribution < 1.29 is 0 Å². The van der Waals surface area contributed by atoms with E-state index in [-0.39, 0.29) is 17.2 Å². The number of hydrogen-bond donors (Lipinski definition) is 1. The van der Waals surface area contributed by atoms with Crippen molar-refractivity contribution in [3.05, 3.63) is 87.2 Å². The number of nitrogens with one attached hydrogen (secondary N) is 1. The predicted molar refractivity (Wildman–Crippen MR) is 135 cm³/mol. The second kappa shape index (κ2) is 8.90. The summed E-state index contributed by atoms with van der Waals surface area (Å²) in [5, 5.41) is 17.3. The van der Waals surface area contributed by atoms with Gasteiger partial charge in [-0.1, -0.05) is 48.0 Å². The van der Waals surface area contributed by atoms with Crippen molar-refractivity contribution >= 4 is 39.0 Å². The molecule has 0 bridgehead atoms. The van der Waals surface area contributed by atoms with Crippen molar-refractivity contribution in [2.24, 2.45) is 7.05 Å². The number of aryl methyl sites for hydroxylation is 1. The molecule has 0 aliphatic carbocycles. The molecule has 1 aliphatic heterocycles. The first-order valence-electron chi connectivity index (χ1n) is 11.2. The SMILES string of the molecule is Cn1c(=O)c(C#N)c(N(Cc2ccc3ccccc3c2)C2CCNCC2)c2cc(Cl)ccc21. The van der Waals surface area contributed by atoms with Crippen LogP contribution in [0.5, 0.6) is 0 Å². The number of halogens is 1. The van der Waals surface area contributed by atoms with Gasteiger partial charge in [0.2, 0.25) is 0 Å². The molecule has 0 unspecified atom stereocenters. The number of anilines is 1. The van der Waals surface area contributed by atoms with Crippen molar-refractivity contribution in [2.45, 2.75) is 25.4 Å². The average Bonchev–Trinajstić information content (AvgIpc) is 2.85. The van der Waals surface area contributed by atoms with E-state index in [1.54, 1.807) is 17.7 Å². The molecule has 5 nitrogen and oxygen atoms in total. The largest absolute Gasteiger partial charge is 0.362 e. The summed E-state index contributed by atoms with van der Waals surface area (Å²) in [5.41, 5.74) is 2.51. The van der Waals surface area contributed by atoms with Crippen molar-refractivity contribution in [3.8, 4) is 6.07 Å². The first kappa shape index (κ1) is 21.5. The van der Waals surface area contributed by atoms with Crippen molar-refractivity contribution in [1.82, 2.24) is 9.88 Å². The van der Waals surface area contributed by atoms with Crippen LogP contribution in [0.3, 0.4) is 0 Å². The molecular formula is C27H25ClN4O. The van der Waals surface area contributed by atoms with Gasteiger partial charge in [-0.15, -0.1) is 0 Å². The van der Waals surface area contributed by atoms with Gasteiger partial charge in [-0.05, 0) is 66.5 Å². The molecule has 6 heteroatoms. The minimum absolute atomic E-state index is 0.173. The van der Waals surface area contributed by atoms with Gasteiger partial charge in [-0.3, -0.25) is 4.79 Å². The van der Waals surface area contributed by atoms with Crippen LogP contribution in [0.15, 0.2) is 65.5 Å². The van der Waals surface area contributed by atoms with Crippen molar-refractivity contribution in [1.29, 1.82) is 5.26 Å². The van der Waals surface area contributed by atoms with Gasteiger partial charge in [-0.2, -0.15) is 5.26 Å². The Labute approximate surface area is 197 Å². The quantitative estimate of drug-likeness (QED) is 0.470. The summed E-state index contributed by atoms with van der Waals surface area (Å²) >= 11 is 6.40. The highest BCUT2D eigenvalue weighted by molar-refractivity contribution is 6.31. The molecule has 0 saturated carbocycles. The van der Waals surface area contributed by atoms with E-state index in [9.17, 15) is 10.1 Å². The summed E-state index contributed by atoms with van der Waals surface area (Å²) in [6.07, 6.45) is 1.88. The van der Waals surface area contributed by atoms with Crippen LogP contribution in [-0.4, -0.2) is 23.7 Å². The molecule has 4 aromatic rings. The van der Waals surface area contributed by atoms with E-state index < -0.39 is 0 Å². The zero-order valence-electron chi connectivity index (χ0n) is 18.5. The van der Waals surface area contributed by atoms with E-state index >= 15 is 0 Å². The third-order valence-corrected chi connectivity index (χ3v) is 6.88. The second-order valence-electron chi connectivity index (χ2n) is 8.65. The highest BCUT2D eigenvalue weighted by Gasteiger charge is 2.28. The van der Waals surface area contributed by atoms with Gasteiger partial charge in [0, 0.05) is 30.0 Å². The number of piperidine rings is 1. The molecule has 1 fully saturated rings. The zero-order valence-corrected chi connectivity index (χ0v) is 19.3. The maximum atomic E-state index is 13.2. The van der Waals surface area contributed by atoms with E-state index in [1.807, 2.05) is 24.3 Å². The number of hydrogen-bond acceptors (Lipinski definition) is 4. The molecule has 1 aliphatic rings. The topological polar surface area (TPSA) is 61.1 Å². The molecular weight excluding hydrogens is 432 g/mol. The Kier molecular flexibility index (Phi) is 5.80. The van der Waals surface area contributed by atoms with E-state index in [4.69, 9.17) is 11.6 Å². The number of rotatable bonds is 4. The first-order chi connectivity index (χ1) is 16.1. The van der Waals surface area contributed by atoms with E-state index in [0.29, 0.717) is 17.3 Å². The van der Waals surface area contributed by atoms with Crippen LogP contribution in [0, 0.1) is 11.3 Å². The minimum Gasteiger partial charge on any atom is -0.362 e. The number of benzene rings is 3. The Morgan fingerprint density at radius 2 is 1.85 bits per heavy atom. The summed E-state index contributed by atoms with van der Waals surface area (Å²) in [5.74, 6) is 0. The van der Waals surface area contributed by atoms with Crippen LogP contribution in [0.25, 0.3) is 21.7 Å². The maximum Gasteiger partial charge on any atom is 0.270 e. The molecule has 1 N–H and O–H groups in total. The second-order valence-corrected chi connectivity index (χ2v) is 9.09. The molecule has 1 aromatic heterocycles. The number of nitriles is 1. The maximum absolute atomic E-state index is 13.2. The van der Waals surface area contributed by atoms with Crippen LogP contribution >= 0.6 is 11.6 Å². The van der Waals surface area contributed by atoms with Gasteiger partial charge in [0.05, 0.1) is 11.2 Å². The molecule has 166 valence electrons.